The maximum atomic E-state index is 14.1. The molecule has 40 heavy (non-hydrogen) atoms. The summed E-state index contributed by atoms with van der Waals surface area (Å²) in [5, 5.41) is 17.0. The molecule has 7 nitrogen and oxygen atoms in total. The number of halogens is 4. The SMILES string of the molecule is COc1ccc(-c2cc(C(F)(F)F)n3nc(C(=O)Nc4sc5c(c4C#N)CC[C@H](C(C)(C)C)C5)c(Br)c3n2)cc1. The zero-order valence-electron chi connectivity index (χ0n) is 22.1. The van der Waals surface area contributed by atoms with E-state index in [1.54, 1.807) is 24.3 Å². The Balaban J connectivity index is 1.54. The van der Waals surface area contributed by atoms with Gasteiger partial charge in [0.1, 0.15) is 16.8 Å². The molecule has 0 fully saturated rings. The van der Waals surface area contributed by atoms with Crippen molar-refractivity contribution >= 4 is 43.8 Å². The fourth-order valence-corrected chi connectivity index (χ4v) is 6.73. The van der Waals surface area contributed by atoms with E-state index in [4.69, 9.17) is 4.74 Å². The Morgan fingerprint density at radius 3 is 2.55 bits per heavy atom. The molecule has 0 aliphatic heterocycles. The van der Waals surface area contributed by atoms with Crippen LogP contribution in [0.4, 0.5) is 18.2 Å². The first kappa shape index (κ1) is 28.1. The third-order valence-electron chi connectivity index (χ3n) is 7.25. The van der Waals surface area contributed by atoms with Gasteiger partial charge in [0.05, 0.1) is 22.8 Å². The number of nitriles is 1. The summed E-state index contributed by atoms with van der Waals surface area (Å²) in [7, 11) is 1.49. The van der Waals surface area contributed by atoms with Crippen LogP contribution in [0.1, 0.15) is 59.4 Å². The van der Waals surface area contributed by atoms with E-state index >= 15 is 0 Å². The minimum atomic E-state index is -4.77. The molecule has 0 radical (unpaired) electrons. The number of hydrogen-bond donors (Lipinski definition) is 1. The number of anilines is 1. The summed E-state index contributed by atoms with van der Waals surface area (Å²) in [6.07, 6.45) is -2.29. The Kier molecular flexibility index (Phi) is 7.17. The largest absolute Gasteiger partial charge is 0.497 e. The van der Waals surface area contributed by atoms with Crippen LogP contribution >= 0.6 is 27.3 Å². The molecule has 4 aromatic rings. The van der Waals surface area contributed by atoms with Gasteiger partial charge in [-0.1, -0.05) is 20.8 Å². The first-order valence-corrected chi connectivity index (χ1v) is 14.1. The van der Waals surface area contributed by atoms with Crippen molar-refractivity contribution in [3.63, 3.8) is 0 Å². The van der Waals surface area contributed by atoms with Gasteiger partial charge in [0.15, 0.2) is 17.0 Å². The number of ether oxygens (including phenoxy) is 1. The van der Waals surface area contributed by atoms with Crippen molar-refractivity contribution in [3.05, 3.63) is 62.2 Å². The summed E-state index contributed by atoms with van der Waals surface area (Å²) in [5.41, 5.74) is 0.412. The standard InChI is InChI=1S/C28H25BrF3N5O2S/c1-27(2,3)15-7-10-17-18(13-33)26(40-20(17)11-15)35-25(38)23-22(29)24-34-19(14-5-8-16(39-4)9-6-14)12-21(28(30,31)32)37(24)36-23/h5-6,8-9,12,15H,7,10-11H2,1-4H3,(H,35,38)/t15-/m0/s1. The average molecular weight is 633 g/mol. The van der Waals surface area contributed by atoms with E-state index < -0.39 is 17.8 Å². The molecule has 1 aromatic carbocycles. The number of aromatic nitrogens is 3. The van der Waals surface area contributed by atoms with E-state index in [0.29, 0.717) is 32.3 Å². The number of amides is 1. The van der Waals surface area contributed by atoms with E-state index in [1.165, 1.54) is 18.4 Å². The van der Waals surface area contributed by atoms with Gasteiger partial charge in [-0.2, -0.15) is 23.5 Å². The maximum absolute atomic E-state index is 14.1. The highest BCUT2D eigenvalue weighted by atomic mass is 79.9. The van der Waals surface area contributed by atoms with Gasteiger partial charge in [-0.3, -0.25) is 4.79 Å². The van der Waals surface area contributed by atoms with Crippen molar-refractivity contribution in [2.75, 3.05) is 12.4 Å². The topological polar surface area (TPSA) is 92.3 Å². The Hall–Kier alpha value is -3.43. The number of hydrogen-bond acceptors (Lipinski definition) is 6. The first-order chi connectivity index (χ1) is 18.8. The molecular weight excluding hydrogens is 607 g/mol. The second kappa shape index (κ2) is 10.2. The fourth-order valence-electron chi connectivity index (χ4n) is 4.94. The predicted molar refractivity (Wildman–Crippen MR) is 150 cm³/mol. The van der Waals surface area contributed by atoms with Gasteiger partial charge in [-0.25, -0.2) is 9.50 Å². The van der Waals surface area contributed by atoms with Gasteiger partial charge in [0.2, 0.25) is 0 Å². The number of nitrogens with zero attached hydrogens (tertiary/aromatic N) is 4. The van der Waals surface area contributed by atoms with Gasteiger partial charge in [-0.15, -0.1) is 11.3 Å². The minimum Gasteiger partial charge on any atom is -0.497 e. The zero-order valence-corrected chi connectivity index (χ0v) is 24.5. The molecule has 5 rings (SSSR count). The Labute approximate surface area is 241 Å². The lowest BCUT2D eigenvalue weighted by molar-refractivity contribution is -0.142. The van der Waals surface area contributed by atoms with Gasteiger partial charge >= 0.3 is 6.18 Å². The summed E-state index contributed by atoms with van der Waals surface area (Å²) < 4.78 is 48.1. The van der Waals surface area contributed by atoms with E-state index in [2.05, 4.69) is 58.2 Å². The van der Waals surface area contributed by atoms with Crippen LogP contribution in [0.25, 0.3) is 16.9 Å². The van der Waals surface area contributed by atoms with Gasteiger partial charge < -0.3 is 10.1 Å². The number of thiophene rings is 1. The average Bonchev–Trinajstić information content (AvgIpc) is 3.43. The number of rotatable bonds is 4. The normalized spacial score (nSPS) is 15.5. The van der Waals surface area contributed by atoms with Crippen molar-refractivity contribution < 1.29 is 22.7 Å². The van der Waals surface area contributed by atoms with Crippen molar-refractivity contribution in [2.45, 2.75) is 46.2 Å². The maximum Gasteiger partial charge on any atom is 0.433 e. The van der Waals surface area contributed by atoms with E-state index in [1.807, 2.05) is 0 Å². The smallest absolute Gasteiger partial charge is 0.433 e. The number of carbonyl (C=O) groups excluding carboxylic acids is 1. The predicted octanol–water partition coefficient (Wildman–Crippen LogP) is 7.52. The van der Waals surface area contributed by atoms with Crippen molar-refractivity contribution in [3.8, 4) is 23.1 Å². The summed E-state index contributed by atoms with van der Waals surface area (Å²) in [5.74, 6) is 0.248. The van der Waals surface area contributed by atoms with Crippen LogP contribution in [0.5, 0.6) is 5.75 Å². The second-order valence-electron chi connectivity index (χ2n) is 10.7. The van der Waals surface area contributed by atoms with E-state index in [-0.39, 0.29) is 26.9 Å². The fraction of sp³-hybridized carbons (Fsp3) is 0.357. The Morgan fingerprint density at radius 1 is 1.25 bits per heavy atom. The lowest BCUT2D eigenvalue weighted by Crippen LogP contribution is -2.26. The van der Waals surface area contributed by atoms with Gasteiger partial charge in [0, 0.05) is 10.4 Å². The van der Waals surface area contributed by atoms with Crippen molar-refractivity contribution in [1.29, 1.82) is 5.26 Å². The van der Waals surface area contributed by atoms with Crippen molar-refractivity contribution in [1.82, 2.24) is 14.6 Å². The highest BCUT2D eigenvalue weighted by molar-refractivity contribution is 9.10. The molecule has 12 heteroatoms. The van der Waals surface area contributed by atoms with Crippen LogP contribution < -0.4 is 10.1 Å². The highest BCUT2D eigenvalue weighted by Crippen LogP contribution is 2.44. The summed E-state index contributed by atoms with van der Waals surface area (Å²) in [6.45, 7) is 6.57. The molecule has 3 heterocycles. The molecule has 0 saturated carbocycles. The number of benzene rings is 1. The van der Waals surface area contributed by atoms with Crippen molar-refractivity contribution in [2.24, 2.45) is 11.3 Å². The molecule has 1 aliphatic rings. The molecule has 1 atom stereocenters. The molecule has 208 valence electrons. The highest BCUT2D eigenvalue weighted by Gasteiger charge is 2.37. The molecule has 1 N–H and O–H groups in total. The van der Waals surface area contributed by atoms with Crippen LogP contribution in [0.3, 0.4) is 0 Å². The number of methoxy groups -OCH3 is 1. The number of alkyl halides is 3. The quantitative estimate of drug-likeness (QED) is 0.251. The molecular formula is C28H25BrF3N5O2S. The van der Waals surface area contributed by atoms with Crippen LogP contribution in [-0.4, -0.2) is 27.6 Å². The lowest BCUT2D eigenvalue weighted by atomic mass is 9.72. The Bertz CT molecular complexity index is 1660. The van der Waals surface area contributed by atoms with E-state index in [9.17, 15) is 23.2 Å². The van der Waals surface area contributed by atoms with Crippen LogP contribution in [-0.2, 0) is 19.0 Å². The van der Waals surface area contributed by atoms with Crippen LogP contribution in [0.15, 0.2) is 34.8 Å². The molecule has 0 spiro atoms. The summed E-state index contributed by atoms with van der Waals surface area (Å²) in [6, 6.07) is 9.54. The lowest BCUT2D eigenvalue weighted by Gasteiger charge is -2.33. The molecule has 1 amide bonds. The second-order valence-corrected chi connectivity index (χ2v) is 12.6. The monoisotopic (exact) mass is 631 g/mol. The minimum absolute atomic E-state index is 0.0125. The number of nitrogens with one attached hydrogen (secondary N) is 1. The molecule has 3 aromatic heterocycles. The van der Waals surface area contributed by atoms with Gasteiger partial charge in [0.25, 0.3) is 5.91 Å². The third-order valence-corrected chi connectivity index (χ3v) is 9.15. The molecule has 1 aliphatic carbocycles. The molecule has 0 saturated heterocycles. The third kappa shape index (κ3) is 5.08. The Morgan fingerprint density at radius 2 is 1.95 bits per heavy atom. The van der Waals surface area contributed by atoms with Gasteiger partial charge in [-0.05, 0) is 82.4 Å². The molecule has 0 bridgehead atoms. The van der Waals surface area contributed by atoms with E-state index in [0.717, 1.165) is 35.8 Å². The number of carbonyl (C=O) groups is 1. The summed E-state index contributed by atoms with van der Waals surface area (Å²) in [4.78, 5) is 18.8. The number of fused-ring (bicyclic) bond motifs is 2. The van der Waals surface area contributed by atoms with Crippen LogP contribution in [0.2, 0.25) is 0 Å². The zero-order chi connectivity index (χ0) is 29.0. The summed E-state index contributed by atoms with van der Waals surface area (Å²) >= 11 is 4.61. The first-order valence-electron chi connectivity index (χ1n) is 12.5. The van der Waals surface area contributed by atoms with Crippen LogP contribution in [0, 0.1) is 22.7 Å². The molecule has 0 unspecified atom stereocenters.